The molecule has 92 valence electrons. The predicted molar refractivity (Wildman–Crippen MR) is 66.9 cm³/mol. The largest absolute Gasteiger partial charge is 0.354 e. The van der Waals surface area contributed by atoms with Crippen LogP contribution in [0.3, 0.4) is 0 Å². The van der Waals surface area contributed by atoms with Crippen LogP contribution in [0.25, 0.3) is 0 Å². The number of nitrogens with zero attached hydrogens (tertiary/aromatic N) is 4. The summed E-state index contributed by atoms with van der Waals surface area (Å²) in [5, 5.41) is 15.0. The van der Waals surface area contributed by atoms with Crippen LogP contribution in [0, 0.1) is 11.3 Å². The lowest BCUT2D eigenvalue weighted by Crippen LogP contribution is -2.33. The van der Waals surface area contributed by atoms with E-state index >= 15 is 0 Å². The number of hydrogen-bond donors (Lipinski definition) is 2. The molecule has 0 aliphatic heterocycles. The van der Waals surface area contributed by atoms with Crippen molar-refractivity contribution in [2.24, 2.45) is 0 Å². The van der Waals surface area contributed by atoms with E-state index in [4.69, 9.17) is 16.9 Å². The van der Waals surface area contributed by atoms with Crippen molar-refractivity contribution in [2.75, 3.05) is 17.2 Å². The van der Waals surface area contributed by atoms with Gasteiger partial charge in [-0.05, 0) is 31.9 Å². The summed E-state index contributed by atoms with van der Waals surface area (Å²) in [7, 11) is 0. The Morgan fingerprint density at radius 1 is 1.29 bits per heavy atom. The van der Waals surface area contributed by atoms with Gasteiger partial charge in [0.05, 0.1) is 6.07 Å². The zero-order valence-electron chi connectivity index (χ0n) is 10.1. The van der Waals surface area contributed by atoms with Crippen molar-refractivity contribution in [1.82, 2.24) is 15.0 Å². The molecule has 0 aliphatic carbocycles. The fraction of sp³-hybridized carbons (Fsp3) is 0.600. The number of halogens is 1. The van der Waals surface area contributed by atoms with E-state index in [0.29, 0.717) is 24.9 Å². The lowest BCUT2D eigenvalue weighted by atomic mass is 10.0. The lowest BCUT2D eigenvalue weighted by Gasteiger charge is -2.21. The second kappa shape index (κ2) is 5.64. The summed E-state index contributed by atoms with van der Waals surface area (Å²) in [5.74, 6) is 0.693. The van der Waals surface area contributed by atoms with Crippen molar-refractivity contribution >= 4 is 23.5 Å². The molecule has 0 saturated heterocycles. The molecule has 17 heavy (non-hydrogen) atoms. The van der Waals surface area contributed by atoms with Gasteiger partial charge in [-0.3, -0.25) is 0 Å². The Hall–Kier alpha value is -1.61. The fourth-order valence-electron chi connectivity index (χ4n) is 1.09. The van der Waals surface area contributed by atoms with Gasteiger partial charge in [0, 0.05) is 6.54 Å². The van der Waals surface area contributed by atoms with Crippen LogP contribution in [-0.4, -0.2) is 27.0 Å². The number of nitrogens with one attached hydrogen (secondary N) is 2. The van der Waals surface area contributed by atoms with Gasteiger partial charge in [-0.1, -0.05) is 6.92 Å². The van der Waals surface area contributed by atoms with E-state index in [0.717, 1.165) is 0 Å². The maximum atomic E-state index is 9.06. The van der Waals surface area contributed by atoms with Crippen molar-refractivity contribution in [2.45, 2.75) is 32.7 Å². The summed E-state index contributed by atoms with van der Waals surface area (Å²) in [6, 6.07) is 2.17. The van der Waals surface area contributed by atoms with E-state index in [9.17, 15) is 0 Å². The molecule has 1 unspecified atom stereocenters. The topological polar surface area (TPSA) is 86.5 Å². The van der Waals surface area contributed by atoms with Crippen LogP contribution in [0.2, 0.25) is 5.28 Å². The monoisotopic (exact) mass is 254 g/mol. The Bertz CT molecular complexity index is 429. The molecule has 0 amide bonds. The highest BCUT2D eigenvalue weighted by atomic mass is 35.5. The highest BCUT2D eigenvalue weighted by Gasteiger charge is 2.22. The molecular formula is C10H15ClN6. The van der Waals surface area contributed by atoms with Gasteiger partial charge in [-0.2, -0.15) is 20.2 Å². The first-order valence-corrected chi connectivity index (χ1v) is 5.75. The van der Waals surface area contributed by atoms with Crippen LogP contribution in [0.1, 0.15) is 27.2 Å². The minimum atomic E-state index is -0.714. The van der Waals surface area contributed by atoms with Crippen molar-refractivity contribution in [3.05, 3.63) is 5.28 Å². The van der Waals surface area contributed by atoms with E-state index < -0.39 is 5.54 Å². The second-order valence-corrected chi connectivity index (χ2v) is 4.04. The molecule has 1 heterocycles. The van der Waals surface area contributed by atoms with Crippen LogP contribution in [0.15, 0.2) is 0 Å². The summed E-state index contributed by atoms with van der Waals surface area (Å²) in [4.78, 5) is 12.0. The molecule has 1 aromatic heterocycles. The van der Waals surface area contributed by atoms with Gasteiger partial charge < -0.3 is 10.6 Å². The average molecular weight is 255 g/mol. The van der Waals surface area contributed by atoms with E-state index in [1.807, 2.05) is 13.8 Å². The summed E-state index contributed by atoms with van der Waals surface area (Å²) in [6.07, 6.45) is 0.628. The molecule has 0 aliphatic rings. The molecule has 2 N–H and O–H groups in total. The smallest absolute Gasteiger partial charge is 0.230 e. The van der Waals surface area contributed by atoms with Crippen LogP contribution < -0.4 is 10.6 Å². The molecule has 1 atom stereocenters. The maximum absolute atomic E-state index is 9.06. The minimum Gasteiger partial charge on any atom is -0.354 e. The molecule has 0 aromatic carbocycles. The summed E-state index contributed by atoms with van der Waals surface area (Å²) in [6.45, 7) is 6.29. The SMILES string of the molecule is CCNc1nc(Cl)nc(NC(C)(C#N)CC)n1. The van der Waals surface area contributed by atoms with Crippen molar-refractivity contribution in [1.29, 1.82) is 5.26 Å². The number of nitriles is 1. The minimum absolute atomic E-state index is 0.0924. The molecule has 0 radical (unpaired) electrons. The first kappa shape index (κ1) is 13.5. The molecule has 6 nitrogen and oxygen atoms in total. The first-order chi connectivity index (χ1) is 8.03. The Balaban J connectivity index is 2.95. The average Bonchev–Trinajstić information content (AvgIpc) is 2.28. The van der Waals surface area contributed by atoms with Gasteiger partial charge in [0.15, 0.2) is 0 Å². The second-order valence-electron chi connectivity index (χ2n) is 3.70. The fourth-order valence-corrected chi connectivity index (χ4v) is 1.25. The van der Waals surface area contributed by atoms with Crippen LogP contribution in [0.4, 0.5) is 11.9 Å². The number of aromatic nitrogens is 3. The third-order valence-electron chi connectivity index (χ3n) is 2.28. The van der Waals surface area contributed by atoms with E-state index in [1.165, 1.54) is 0 Å². The Morgan fingerprint density at radius 2 is 1.94 bits per heavy atom. The van der Waals surface area contributed by atoms with Gasteiger partial charge in [-0.15, -0.1) is 0 Å². The molecule has 1 rings (SSSR count). The Morgan fingerprint density at radius 3 is 2.47 bits per heavy atom. The van der Waals surface area contributed by atoms with E-state index in [2.05, 4.69) is 31.7 Å². The van der Waals surface area contributed by atoms with Gasteiger partial charge >= 0.3 is 0 Å². The highest BCUT2D eigenvalue weighted by molar-refractivity contribution is 6.28. The predicted octanol–water partition coefficient (Wildman–Crippen LogP) is 2.06. The molecule has 0 fully saturated rings. The van der Waals surface area contributed by atoms with Crippen LogP contribution in [-0.2, 0) is 0 Å². The first-order valence-electron chi connectivity index (χ1n) is 5.38. The molecule has 7 heteroatoms. The molecule has 1 aromatic rings. The zero-order chi connectivity index (χ0) is 12.9. The van der Waals surface area contributed by atoms with Crippen LogP contribution in [0.5, 0.6) is 0 Å². The normalized spacial score (nSPS) is 13.6. The van der Waals surface area contributed by atoms with Gasteiger partial charge in [0.1, 0.15) is 5.54 Å². The van der Waals surface area contributed by atoms with Crippen molar-refractivity contribution in [3.63, 3.8) is 0 Å². The van der Waals surface area contributed by atoms with Gasteiger partial charge in [0.25, 0.3) is 0 Å². The quantitative estimate of drug-likeness (QED) is 0.836. The molecular weight excluding hydrogens is 240 g/mol. The number of hydrogen-bond acceptors (Lipinski definition) is 6. The Labute approximate surface area is 105 Å². The van der Waals surface area contributed by atoms with E-state index in [1.54, 1.807) is 6.92 Å². The molecule has 0 bridgehead atoms. The summed E-state index contributed by atoms with van der Waals surface area (Å²) in [5.41, 5.74) is -0.714. The van der Waals surface area contributed by atoms with Gasteiger partial charge in [-0.25, -0.2) is 0 Å². The third-order valence-corrected chi connectivity index (χ3v) is 2.45. The highest BCUT2D eigenvalue weighted by Crippen LogP contribution is 2.16. The zero-order valence-corrected chi connectivity index (χ0v) is 10.8. The standard InChI is InChI=1S/C10H15ClN6/c1-4-10(3,6-12)17-9-15-7(11)14-8(16-9)13-5-2/h4-5H2,1-3H3,(H2,13,14,15,16,17). The lowest BCUT2D eigenvalue weighted by molar-refractivity contribution is 0.618. The van der Waals surface area contributed by atoms with Crippen molar-refractivity contribution < 1.29 is 0 Å². The molecule has 0 saturated carbocycles. The maximum Gasteiger partial charge on any atom is 0.230 e. The van der Waals surface area contributed by atoms with Gasteiger partial charge in [0.2, 0.25) is 17.2 Å². The Kier molecular flexibility index (Phi) is 4.46. The third kappa shape index (κ3) is 3.71. The summed E-state index contributed by atoms with van der Waals surface area (Å²) >= 11 is 5.78. The van der Waals surface area contributed by atoms with Crippen LogP contribution >= 0.6 is 11.6 Å². The van der Waals surface area contributed by atoms with E-state index in [-0.39, 0.29) is 5.28 Å². The number of rotatable bonds is 5. The molecule has 0 spiro atoms. The van der Waals surface area contributed by atoms with Crippen molar-refractivity contribution in [3.8, 4) is 6.07 Å². The number of anilines is 2. The summed E-state index contributed by atoms with van der Waals surface area (Å²) < 4.78 is 0.